The molecule has 2 heterocycles. The molecule has 2 aromatic carbocycles. The van der Waals surface area contributed by atoms with Crippen molar-refractivity contribution in [2.24, 2.45) is 5.92 Å². The van der Waals surface area contributed by atoms with E-state index in [1.54, 1.807) is 30.3 Å². The molecule has 132 valence electrons. The van der Waals surface area contributed by atoms with Crippen LogP contribution >= 0.6 is 0 Å². The second-order valence-corrected chi connectivity index (χ2v) is 9.16. The Morgan fingerprint density at radius 1 is 1.08 bits per heavy atom. The molecule has 25 heavy (non-hydrogen) atoms. The molecule has 2 aromatic rings. The lowest BCUT2D eigenvalue weighted by molar-refractivity contribution is 0.417. The Balaban J connectivity index is 1.79. The molecule has 0 spiro atoms. The molecule has 4 rings (SSSR count). The van der Waals surface area contributed by atoms with Gasteiger partial charge in [-0.25, -0.2) is 8.42 Å². The molecular weight excluding hydrogens is 332 g/mol. The molecule has 0 radical (unpaired) electrons. The number of hydrogen-bond donors (Lipinski definition) is 1. The van der Waals surface area contributed by atoms with Gasteiger partial charge in [0, 0.05) is 24.7 Å². The van der Waals surface area contributed by atoms with Gasteiger partial charge in [0.1, 0.15) is 0 Å². The molecule has 2 aliphatic heterocycles. The average Bonchev–Trinajstić information content (AvgIpc) is 2.77. The van der Waals surface area contributed by atoms with E-state index < -0.39 is 9.84 Å². The van der Waals surface area contributed by atoms with Crippen LogP contribution in [0.5, 0.6) is 0 Å². The molecule has 3 atom stereocenters. The average molecular weight is 356 g/mol. The summed E-state index contributed by atoms with van der Waals surface area (Å²) in [6.45, 7) is 4.27. The summed E-state index contributed by atoms with van der Waals surface area (Å²) >= 11 is 0. The monoisotopic (exact) mass is 356 g/mol. The first-order valence-electron chi connectivity index (χ1n) is 8.88. The van der Waals surface area contributed by atoms with Crippen LogP contribution in [-0.4, -0.2) is 34.6 Å². The second kappa shape index (κ2) is 6.15. The number of benzene rings is 2. The molecule has 0 bridgehead atoms. The molecule has 0 saturated carbocycles. The van der Waals surface area contributed by atoms with Crippen LogP contribution in [0.2, 0.25) is 0 Å². The Labute approximate surface area is 149 Å². The van der Waals surface area contributed by atoms with E-state index in [4.69, 9.17) is 0 Å². The highest BCUT2D eigenvalue weighted by atomic mass is 32.2. The maximum atomic E-state index is 13.0. The summed E-state index contributed by atoms with van der Waals surface area (Å²) in [5.41, 5.74) is 2.36. The predicted octanol–water partition coefficient (Wildman–Crippen LogP) is 3.05. The number of hydrogen-bond acceptors (Lipinski definition) is 4. The quantitative estimate of drug-likeness (QED) is 0.898. The van der Waals surface area contributed by atoms with Crippen molar-refractivity contribution in [1.29, 1.82) is 0 Å². The van der Waals surface area contributed by atoms with Gasteiger partial charge < -0.3 is 10.2 Å². The Kier molecular flexibility index (Phi) is 4.08. The van der Waals surface area contributed by atoms with E-state index in [-0.39, 0.29) is 0 Å². The van der Waals surface area contributed by atoms with Crippen molar-refractivity contribution < 1.29 is 8.42 Å². The maximum Gasteiger partial charge on any atom is 0.206 e. The zero-order chi connectivity index (χ0) is 17.6. The highest BCUT2D eigenvalue weighted by Crippen LogP contribution is 2.46. The van der Waals surface area contributed by atoms with Gasteiger partial charge in [0.2, 0.25) is 9.84 Å². The van der Waals surface area contributed by atoms with Crippen molar-refractivity contribution in [1.82, 2.24) is 5.32 Å². The fraction of sp³-hybridized carbons (Fsp3) is 0.400. The van der Waals surface area contributed by atoms with E-state index in [2.05, 4.69) is 24.2 Å². The Hall–Kier alpha value is -1.85. The number of fused-ring (bicyclic) bond motifs is 3. The summed E-state index contributed by atoms with van der Waals surface area (Å²) in [6.07, 6.45) is 1.04. The number of nitrogens with zero attached hydrogens (tertiary/aromatic N) is 1. The lowest BCUT2D eigenvalue weighted by Gasteiger charge is -2.30. The van der Waals surface area contributed by atoms with Crippen molar-refractivity contribution in [2.75, 3.05) is 25.0 Å². The predicted molar refractivity (Wildman–Crippen MR) is 99.9 cm³/mol. The molecule has 1 saturated heterocycles. The molecule has 0 aliphatic carbocycles. The van der Waals surface area contributed by atoms with Gasteiger partial charge in [0.15, 0.2) is 0 Å². The number of rotatable bonds is 2. The van der Waals surface area contributed by atoms with Gasteiger partial charge in [-0.2, -0.15) is 0 Å². The molecule has 5 heteroatoms. The van der Waals surface area contributed by atoms with E-state index in [0.29, 0.717) is 27.7 Å². The Morgan fingerprint density at radius 2 is 1.84 bits per heavy atom. The summed E-state index contributed by atoms with van der Waals surface area (Å²) in [5, 5.41) is 3.50. The topological polar surface area (TPSA) is 49.4 Å². The first-order valence-corrected chi connectivity index (χ1v) is 10.4. The van der Waals surface area contributed by atoms with Crippen LogP contribution in [0.3, 0.4) is 0 Å². The minimum atomic E-state index is -3.47. The lowest BCUT2D eigenvalue weighted by Crippen LogP contribution is -2.38. The van der Waals surface area contributed by atoms with Gasteiger partial charge in [-0.3, -0.25) is 0 Å². The normalized spacial score (nSPS) is 26.0. The van der Waals surface area contributed by atoms with Crippen LogP contribution in [0, 0.1) is 5.92 Å². The van der Waals surface area contributed by atoms with Crippen LogP contribution < -0.4 is 10.2 Å². The largest absolute Gasteiger partial charge is 0.370 e. The van der Waals surface area contributed by atoms with Crippen LogP contribution in [0.4, 0.5) is 5.69 Å². The zero-order valence-corrected chi connectivity index (χ0v) is 15.5. The van der Waals surface area contributed by atoms with Crippen LogP contribution in [0.15, 0.2) is 58.3 Å². The Morgan fingerprint density at radius 3 is 2.60 bits per heavy atom. The van der Waals surface area contributed by atoms with E-state index in [1.165, 1.54) is 11.3 Å². The third-order valence-electron chi connectivity index (χ3n) is 5.68. The first-order chi connectivity index (χ1) is 12.0. The fourth-order valence-electron chi connectivity index (χ4n) is 4.48. The minimum Gasteiger partial charge on any atom is -0.370 e. The summed E-state index contributed by atoms with van der Waals surface area (Å²) in [5.74, 6) is 0.912. The van der Waals surface area contributed by atoms with Gasteiger partial charge in [0.05, 0.1) is 9.79 Å². The minimum absolute atomic E-state index is 0.355. The van der Waals surface area contributed by atoms with E-state index in [1.807, 2.05) is 18.2 Å². The second-order valence-electron chi connectivity index (χ2n) is 7.22. The highest BCUT2D eigenvalue weighted by molar-refractivity contribution is 7.91. The van der Waals surface area contributed by atoms with Crippen LogP contribution in [-0.2, 0) is 9.84 Å². The summed E-state index contributed by atoms with van der Waals surface area (Å²) in [6, 6.07) is 14.8. The molecule has 4 nitrogen and oxygen atoms in total. The smallest absolute Gasteiger partial charge is 0.206 e. The lowest BCUT2D eigenvalue weighted by atomic mass is 9.86. The van der Waals surface area contributed by atoms with Crippen molar-refractivity contribution >= 4 is 15.5 Å². The van der Waals surface area contributed by atoms with Gasteiger partial charge in [-0.15, -0.1) is 0 Å². The SMILES string of the molecule is CC1CNCC[C@H]2c3cc(S(=O)(=O)c4ccccc4)ccc3N(C)C12. The van der Waals surface area contributed by atoms with Gasteiger partial charge in [-0.05, 0) is 61.3 Å². The van der Waals surface area contributed by atoms with Crippen molar-refractivity contribution in [2.45, 2.75) is 35.1 Å². The molecular formula is C20H24N2O2S. The number of nitrogens with one attached hydrogen (secondary N) is 1. The highest BCUT2D eigenvalue weighted by Gasteiger charge is 2.41. The molecule has 1 N–H and O–H groups in total. The standard InChI is InChI=1S/C20H24N2O2S/c1-14-13-21-11-10-17-18-12-16(8-9-19(18)22(2)20(14)17)25(23,24)15-6-4-3-5-7-15/h3-9,12,14,17,20-21H,10-11,13H2,1-2H3/t14?,17-,20?/m0/s1. The van der Waals surface area contributed by atoms with E-state index >= 15 is 0 Å². The molecule has 1 fully saturated rings. The molecule has 2 unspecified atom stereocenters. The number of likely N-dealkylation sites (N-methyl/N-ethyl adjacent to an activating group) is 1. The Bertz CT molecular complexity index is 880. The van der Waals surface area contributed by atoms with Crippen molar-refractivity contribution in [3.8, 4) is 0 Å². The third-order valence-corrected chi connectivity index (χ3v) is 7.45. The molecule has 0 aromatic heterocycles. The fourth-order valence-corrected chi connectivity index (χ4v) is 5.80. The van der Waals surface area contributed by atoms with E-state index in [9.17, 15) is 8.42 Å². The van der Waals surface area contributed by atoms with E-state index in [0.717, 1.165) is 19.5 Å². The molecule has 0 amide bonds. The molecule has 2 aliphatic rings. The maximum absolute atomic E-state index is 13.0. The zero-order valence-electron chi connectivity index (χ0n) is 14.6. The van der Waals surface area contributed by atoms with Gasteiger partial charge in [0.25, 0.3) is 0 Å². The van der Waals surface area contributed by atoms with Crippen molar-refractivity contribution in [3.63, 3.8) is 0 Å². The first kappa shape index (κ1) is 16.6. The van der Waals surface area contributed by atoms with Crippen LogP contribution in [0.1, 0.15) is 24.8 Å². The van der Waals surface area contributed by atoms with Crippen molar-refractivity contribution in [3.05, 3.63) is 54.1 Å². The number of sulfone groups is 1. The van der Waals surface area contributed by atoms with Gasteiger partial charge in [-0.1, -0.05) is 25.1 Å². The third kappa shape index (κ3) is 2.66. The summed E-state index contributed by atoms with van der Waals surface area (Å²) < 4.78 is 26.0. The number of anilines is 1. The van der Waals surface area contributed by atoms with Gasteiger partial charge >= 0.3 is 0 Å². The summed E-state index contributed by atoms with van der Waals surface area (Å²) in [4.78, 5) is 3.10. The summed E-state index contributed by atoms with van der Waals surface area (Å²) in [7, 11) is -1.34. The van der Waals surface area contributed by atoms with Crippen LogP contribution in [0.25, 0.3) is 0 Å².